The third-order valence-electron chi connectivity index (χ3n) is 5.83. The quantitative estimate of drug-likeness (QED) is 0.681. The van der Waals surface area contributed by atoms with E-state index in [2.05, 4.69) is 4.90 Å². The number of esters is 1. The number of ether oxygens (including phenoxy) is 2. The summed E-state index contributed by atoms with van der Waals surface area (Å²) >= 11 is 0. The van der Waals surface area contributed by atoms with Crippen molar-refractivity contribution < 1.29 is 27.9 Å². The van der Waals surface area contributed by atoms with Gasteiger partial charge >= 0.3 is 11.8 Å². The van der Waals surface area contributed by atoms with Crippen LogP contribution >= 0.6 is 0 Å². The van der Waals surface area contributed by atoms with Crippen LogP contribution in [0.3, 0.4) is 0 Å². The third-order valence-corrected chi connectivity index (χ3v) is 5.83. The summed E-state index contributed by atoms with van der Waals surface area (Å²) in [6.07, 6.45) is 1.01. The molecule has 3 saturated heterocycles. The highest BCUT2D eigenvalue weighted by atomic mass is 16.6. The maximum atomic E-state index is 13.1. The lowest BCUT2D eigenvalue weighted by Crippen LogP contribution is -2.52. The van der Waals surface area contributed by atoms with Gasteiger partial charge in [-0.05, 0) is 26.8 Å². The highest BCUT2D eigenvalue weighted by Crippen LogP contribution is 2.45. The number of rotatable bonds is 4. The van der Waals surface area contributed by atoms with Crippen molar-refractivity contribution in [2.75, 3.05) is 33.2 Å². The Kier molecular flexibility index (Phi) is 4.81. The van der Waals surface area contributed by atoms with Crippen molar-refractivity contribution in [1.29, 1.82) is 0 Å². The van der Waals surface area contributed by atoms with Crippen molar-refractivity contribution >= 4 is 11.9 Å². The van der Waals surface area contributed by atoms with E-state index in [0.29, 0.717) is 13.1 Å². The zero-order valence-electron chi connectivity index (χ0n) is 15.5. The standard InChI is InChI=1S/C18H24N2O7/c1-10-13(27-18(23)25-10)9-24-17(22)15-12-4-3-11(26-12)14(15)16(21)20-7-5-19(2)6-8-20/h11-12,14-15H,3-9H2,1-2H3. The zero-order chi connectivity index (χ0) is 19.1. The van der Waals surface area contributed by atoms with Gasteiger partial charge in [-0.2, -0.15) is 0 Å². The molecule has 0 saturated carbocycles. The summed E-state index contributed by atoms with van der Waals surface area (Å²) in [7, 11) is 2.03. The molecule has 3 fully saturated rings. The van der Waals surface area contributed by atoms with E-state index in [-0.39, 0.29) is 36.2 Å². The van der Waals surface area contributed by atoms with Crippen LogP contribution in [0.25, 0.3) is 0 Å². The largest absolute Gasteiger partial charge is 0.519 e. The lowest BCUT2D eigenvalue weighted by Gasteiger charge is -2.36. The van der Waals surface area contributed by atoms with Crippen LogP contribution in [0.1, 0.15) is 24.4 Å². The minimum Gasteiger partial charge on any atom is -0.457 e. The van der Waals surface area contributed by atoms with Crippen LogP contribution in [0.4, 0.5) is 0 Å². The molecule has 4 atom stereocenters. The number of amides is 1. The van der Waals surface area contributed by atoms with Crippen LogP contribution in [0, 0.1) is 18.8 Å². The van der Waals surface area contributed by atoms with Crippen LogP contribution < -0.4 is 5.82 Å². The summed E-state index contributed by atoms with van der Waals surface area (Å²) in [5, 5.41) is 0. The Morgan fingerprint density at radius 2 is 1.74 bits per heavy atom. The zero-order valence-corrected chi connectivity index (χ0v) is 15.5. The first kappa shape index (κ1) is 18.2. The van der Waals surface area contributed by atoms with Gasteiger partial charge in [0.2, 0.25) is 5.91 Å². The van der Waals surface area contributed by atoms with E-state index in [1.54, 1.807) is 6.92 Å². The summed E-state index contributed by atoms with van der Waals surface area (Å²) in [5.41, 5.74) is 0. The first-order valence-electron chi connectivity index (χ1n) is 9.33. The summed E-state index contributed by atoms with van der Waals surface area (Å²) in [5.74, 6) is -2.00. The first-order valence-corrected chi connectivity index (χ1v) is 9.33. The molecule has 4 heterocycles. The molecular formula is C18H24N2O7. The van der Waals surface area contributed by atoms with Crippen LogP contribution in [0.2, 0.25) is 0 Å². The Bertz CT molecular complexity index is 777. The van der Waals surface area contributed by atoms with Crippen LogP contribution in [0.5, 0.6) is 0 Å². The molecule has 4 rings (SSSR count). The van der Waals surface area contributed by atoms with E-state index >= 15 is 0 Å². The Morgan fingerprint density at radius 1 is 1.07 bits per heavy atom. The molecule has 3 aliphatic rings. The second kappa shape index (κ2) is 7.12. The van der Waals surface area contributed by atoms with Gasteiger partial charge in [-0.1, -0.05) is 0 Å². The lowest BCUT2D eigenvalue weighted by atomic mass is 9.78. The molecular weight excluding hydrogens is 356 g/mol. The fourth-order valence-electron chi connectivity index (χ4n) is 4.27. The summed E-state index contributed by atoms with van der Waals surface area (Å²) in [4.78, 5) is 40.9. The van der Waals surface area contributed by atoms with Crippen LogP contribution in [0.15, 0.2) is 13.6 Å². The molecule has 148 valence electrons. The molecule has 27 heavy (non-hydrogen) atoms. The second-order valence-electron chi connectivity index (χ2n) is 7.51. The van der Waals surface area contributed by atoms with Gasteiger partial charge in [-0.3, -0.25) is 9.59 Å². The van der Waals surface area contributed by atoms with Crippen LogP contribution in [-0.4, -0.2) is 67.1 Å². The molecule has 0 aliphatic carbocycles. The minimum absolute atomic E-state index is 0.0247. The van der Waals surface area contributed by atoms with Gasteiger partial charge in [0.05, 0.1) is 24.0 Å². The predicted octanol–water partition coefficient (Wildman–Crippen LogP) is 0.152. The van der Waals surface area contributed by atoms with E-state index < -0.39 is 23.6 Å². The molecule has 3 aliphatic heterocycles. The maximum absolute atomic E-state index is 13.1. The SMILES string of the molecule is Cc1oc(=O)oc1COC(=O)C1C2CCC(O2)C1C(=O)N1CCN(C)CC1. The number of aryl methyl sites for hydroxylation is 1. The van der Waals surface area contributed by atoms with E-state index in [4.69, 9.17) is 18.3 Å². The molecule has 0 radical (unpaired) electrons. The van der Waals surface area contributed by atoms with Gasteiger partial charge in [-0.15, -0.1) is 0 Å². The van der Waals surface area contributed by atoms with Crippen molar-refractivity contribution in [3.05, 3.63) is 22.1 Å². The second-order valence-corrected chi connectivity index (χ2v) is 7.51. The number of piperazine rings is 1. The van der Waals surface area contributed by atoms with Crippen molar-refractivity contribution in [3.63, 3.8) is 0 Å². The molecule has 9 heteroatoms. The maximum Gasteiger partial charge on any atom is 0.519 e. The third kappa shape index (κ3) is 3.41. The normalized spacial score (nSPS) is 30.7. The number of hydrogen-bond donors (Lipinski definition) is 0. The minimum atomic E-state index is -0.829. The summed E-state index contributed by atoms with van der Waals surface area (Å²) in [6.45, 7) is 4.32. The van der Waals surface area contributed by atoms with E-state index in [1.165, 1.54) is 0 Å². The average Bonchev–Trinajstić information content (AvgIpc) is 3.34. The highest BCUT2D eigenvalue weighted by Gasteiger charge is 2.57. The van der Waals surface area contributed by atoms with Gasteiger partial charge in [-0.25, -0.2) is 4.79 Å². The van der Waals surface area contributed by atoms with Crippen molar-refractivity contribution in [2.24, 2.45) is 11.8 Å². The average molecular weight is 380 g/mol. The molecule has 2 bridgehead atoms. The predicted molar refractivity (Wildman–Crippen MR) is 90.7 cm³/mol. The number of nitrogens with zero attached hydrogens (tertiary/aromatic N) is 2. The highest BCUT2D eigenvalue weighted by molar-refractivity contribution is 5.87. The van der Waals surface area contributed by atoms with Gasteiger partial charge < -0.3 is 28.1 Å². The summed E-state index contributed by atoms with van der Waals surface area (Å²) in [6, 6.07) is 0. The smallest absolute Gasteiger partial charge is 0.457 e. The number of carbonyl (C=O) groups is 2. The van der Waals surface area contributed by atoms with E-state index in [1.807, 2.05) is 11.9 Å². The van der Waals surface area contributed by atoms with E-state index in [0.717, 1.165) is 25.9 Å². The summed E-state index contributed by atoms with van der Waals surface area (Å²) < 4.78 is 20.9. The molecule has 1 aromatic heterocycles. The van der Waals surface area contributed by atoms with Gasteiger partial charge in [0.1, 0.15) is 0 Å². The van der Waals surface area contributed by atoms with Gasteiger partial charge in [0.15, 0.2) is 18.1 Å². The number of carbonyl (C=O) groups excluding carboxylic acids is 2. The first-order chi connectivity index (χ1) is 12.9. The fourth-order valence-corrected chi connectivity index (χ4v) is 4.27. The number of likely N-dealkylation sites (N-methyl/N-ethyl adjacent to an activating group) is 1. The monoisotopic (exact) mass is 380 g/mol. The topological polar surface area (TPSA) is 102 Å². The van der Waals surface area contributed by atoms with Crippen molar-refractivity contribution in [2.45, 2.75) is 38.6 Å². The Hall–Kier alpha value is -2.13. The number of hydrogen-bond acceptors (Lipinski definition) is 8. The number of fused-ring (bicyclic) bond motifs is 2. The molecule has 4 unspecified atom stereocenters. The van der Waals surface area contributed by atoms with Gasteiger partial charge in [0, 0.05) is 26.2 Å². The molecule has 1 amide bonds. The Labute approximate surface area is 156 Å². The lowest BCUT2D eigenvalue weighted by molar-refractivity contribution is -0.158. The Balaban J connectivity index is 1.45. The molecule has 1 aromatic rings. The molecule has 0 N–H and O–H groups in total. The molecule has 0 aromatic carbocycles. The van der Waals surface area contributed by atoms with Crippen molar-refractivity contribution in [1.82, 2.24) is 9.80 Å². The fraction of sp³-hybridized carbons (Fsp3) is 0.722. The Morgan fingerprint density at radius 3 is 2.37 bits per heavy atom. The molecule has 9 nitrogen and oxygen atoms in total. The van der Waals surface area contributed by atoms with Gasteiger partial charge in [0.25, 0.3) is 0 Å². The van der Waals surface area contributed by atoms with Crippen LogP contribution in [-0.2, 0) is 25.7 Å². The van der Waals surface area contributed by atoms with Crippen molar-refractivity contribution in [3.8, 4) is 0 Å². The molecule has 0 spiro atoms. The van der Waals surface area contributed by atoms with E-state index in [9.17, 15) is 14.4 Å².